The molecule has 0 spiro atoms. The Hall–Kier alpha value is -2.74. The van der Waals surface area contributed by atoms with E-state index < -0.39 is 35.2 Å². The van der Waals surface area contributed by atoms with Gasteiger partial charge in [0.25, 0.3) is 0 Å². The van der Waals surface area contributed by atoms with E-state index in [0.717, 1.165) is 49.2 Å². The van der Waals surface area contributed by atoms with Crippen molar-refractivity contribution in [3.63, 3.8) is 0 Å². The number of rotatable bonds is 6. The Bertz CT molecular complexity index is 1100. The molecular formula is C24H25ClF2N4O2. The lowest BCUT2D eigenvalue weighted by Gasteiger charge is -2.23. The lowest BCUT2D eigenvalue weighted by atomic mass is 9.93. The second-order valence-electron chi connectivity index (χ2n) is 9.40. The molecule has 2 aliphatic carbocycles. The Morgan fingerprint density at radius 1 is 1.24 bits per heavy atom. The maximum atomic E-state index is 14.8. The van der Waals surface area contributed by atoms with E-state index in [4.69, 9.17) is 11.6 Å². The summed E-state index contributed by atoms with van der Waals surface area (Å²) >= 11 is 5.79. The van der Waals surface area contributed by atoms with Gasteiger partial charge in [0.1, 0.15) is 17.7 Å². The van der Waals surface area contributed by atoms with Crippen molar-refractivity contribution in [2.24, 2.45) is 5.92 Å². The molecule has 5 rings (SSSR count). The van der Waals surface area contributed by atoms with E-state index >= 15 is 0 Å². The lowest BCUT2D eigenvalue weighted by Crippen LogP contribution is -2.50. The van der Waals surface area contributed by atoms with Crippen molar-refractivity contribution in [1.29, 1.82) is 0 Å². The number of carbonyl (C=O) groups is 2. The number of benzene rings is 1. The van der Waals surface area contributed by atoms with Gasteiger partial charge in [0.15, 0.2) is 0 Å². The summed E-state index contributed by atoms with van der Waals surface area (Å²) in [6, 6.07) is 6.07. The highest BCUT2D eigenvalue weighted by molar-refractivity contribution is 6.30. The largest absolute Gasteiger partial charge is 0.340 e. The number of halogens is 3. The Balaban J connectivity index is 1.38. The zero-order valence-electron chi connectivity index (χ0n) is 18.2. The number of nitrogens with one attached hydrogen (secondary N) is 2. The highest BCUT2D eigenvalue weighted by atomic mass is 35.5. The van der Waals surface area contributed by atoms with Gasteiger partial charge in [-0.3, -0.25) is 9.78 Å². The molecule has 0 unspecified atom stereocenters. The fourth-order valence-corrected chi connectivity index (χ4v) is 4.87. The minimum atomic E-state index is -1.07. The van der Waals surface area contributed by atoms with Gasteiger partial charge in [0, 0.05) is 35.3 Å². The van der Waals surface area contributed by atoms with Crippen LogP contribution in [-0.2, 0) is 10.3 Å². The molecule has 174 valence electrons. The number of aryl methyl sites for hydroxylation is 1. The average molecular weight is 475 g/mol. The molecule has 2 N–H and O–H groups in total. The van der Waals surface area contributed by atoms with Gasteiger partial charge in [-0.15, -0.1) is 0 Å². The summed E-state index contributed by atoms with van der Waals surface area (Å²) in [7, 11) is 0. The molecule has 6 nitrogen and oxygen atoms in total. The van der Waals surface area contributed by atoms with Gasteiger partial charge < -0.3 is 15.5 Å². The highest BCUT2D eigenvalue weighted by Crippen LogP contribution is 2.44. The second-order valence-corrected chi connectivity index (χ2v) is 9.84. The van der Waals surface area contributed by atoms with Crippen LogP contribution in [-0.4, -0.2) is 41.0 Å². The van der Waals surface area contributed by atoms with E-state index in [1.807, 2.05) is 25.1 Å². The normalized spacial score (nSPS) is 23.5. The van der Waals surface area contributed by atoms with Crippen LogP contribution in [0.2, 0.25) is 5.02 Å². The molecule has 3 aliphatic rings. The molecule has 2 atom stereocenters. The number of urea groups is 1. The van der Waals surface area contributed by atoms with Crippen LogP contribution in [0.3, 0.4) is 0 Å². The molecule has 2 heterocycles. The number of nitrogens with zero attached hydrogens (tertiary/aromatic N) is 2. The lowest BCUT2D eigenvalue weighted by molar-refractivity contribution is -0.129. The smallest absolute Gasteiger partial charge is 0.316 e. The SMILES string of the molecule is Cc1cccc(C2(NC(=O)N[C@@H]3C(=O)N(CC4CC4)C[C@H]3c3c(F)cc(Cl)cc3F)CC2)n1. The summed E-state index contributed by atoms with van der Waals surface area (Å²) in [4.78, 5) is 32.3. The maximum Gasteiger partial charge on any atom is 0.316 e. The first-order valence-corrected chi connectivity index (χ1v) is 11.6. The molecule has 3 amide bonds. The molecule has 33 heavy (non-hydrogen) atoms. The molecule has 1 aromatic carbocycles. The summed E-state index contributed by atoms with van der Waals surface area (Å²) in [6.07, 6.45) is 3.52. The molecule has 1 saturated heterocycles. The summed E-state index contributed by atoms with van der Waals surface area (Å²) in [5.74, 6) is -2.41. The van der Waals surface area contributed by atoms with Gasteiger partial charge in [-0.2, -0.15) is 0 Å². The number of amides is 3. The third kappa shape index (κ3) is 4.40. The van der Waals surface area contributed by atoms with E-state index in [-0.39, 0.29) is 23.0 Å². The molecule has 3 fully saturated rings. The topological polar surface area (TPSA) is 74.3 Å². The molecular weight excluding hydrogens is 450 g/mol. The summed E-state index contributed by atoms with van der Waals surface area (Å²) in [6.45, 7) is 2.55. The zero-order chi connectivity index (χ0) is 23.3. The van der Waals surface area contributed by atoms with Gasteiger partial charge in [0.05, 0.1) is 11.2 Å². The minimum absolute atomic E-state index is 0.0588. The van der Waals surface area contributed by atoms with E-state index in [1.54, 1.807) is 4.90 Å². The van der Waals surface area contributed by atoms with Gasteiger partial charge in [-0.25, -0.2) is 13.6 Å². The first-order valence-electron chi connectivity index (χ1n) is 11.2. The Morgan fingerprint density at radius 2 is 1.94 bits per heavy atom. The molecule has 9 heteroatoms. The molecule has 1 aromatic heterocycles. The predicted molar refractivity (Wildman–Crippen MR) is 119 cm³/mol. The Labute approximate surface area is 195 Å². The van der Waals surface area contributed by atoms with E-state index in [9.17, 15) is 18.4 Å². The van der Waals surface area contributed by atoms with Crippen LogP contribution in [0.1, 0.15) is 48.6 Å². The van der Waals surface area contributed by atoms with E-state index in [1.165, 1.54) is 0 Å². The highest BCUT2D eigenvalue weighted by Gasteiger charge is 2.49. The van der Waals surface area contributed by atoms with Gasteiger partial charge in [-0.1, -0.05) is 17.7 Å². The first kappa shape index (κ1) is 22.1. The number of carbonyl (C=O) groups excluding carboxylic acids is 2. The van der Waals surface area contributed by atoms with Crippen LogP contribution in [0.4, 0.5) is 13.6 Å². The monoisotopic (exact) mass is 474 g/mol. The van der Waals surface area contributed by atoms with Gasteiger partial charge >= 0.3 is 6.03 Å². The standard InChI is InChI=1S/C24H25ClF2N4O2/c1-13-3-2-4-19(28-13)24(7-8-24)30-23(33)29-21-16(12-31(22(21)32)11-14-5-6-14)20-17(26)9-15(25)10-18(20)27/h2-4,9-10,14,16,21H,5-8,11-12H2,1H3,(H2,29,30,33)/t16-,21-/m0/s1. The zero-order valence-corrected chi connectivity index (χ0v) is 19.0. The fraction of sp³-hybridized carbons (Fsp3) is 0.458. The minimum Gasteiger partial charge on any atom is -0.340 e. The van der Waals surface area contributed by atoms with Crippen LogP contribution in [0.15, 0.2) is 30.3 Å². The quantitative estimate of drug-likeness (QED) is 0.664. The molecule has 1 aliphatic heterocycles. The maximum absolute atomic E-state index is 14.8. The van der Waals surface area contributed by atoms with Crippen LogP contribution in [0.25, 0.3) is 0 Å². The van der Waals surface area contributed by atoms with Crippen LogP contribution in [0.5, 0.6) is 0 Å². The van der Waals surface area contributed by atoms with Crippen molar-refractivity contribution in [3.8, 4) is 0 Å². The summed E-state index contributed by atoms with van der Waals surface area (Å²) < 4.78 is 29.5. The number of aromatic nitrogens is 1. The third-order valence-corrected chi connectivity index (χ3v) is 6.97. The van der Waals surface area contributed by atoms with Crippen LogP contribution >= 0.6 is 11.6 Å². The van der Waals surface area contributed by atoms with Gasteiger partial charge in [-0.05, 0) is 62.8 Å². The second kappa shape index (κ2) is 8.24. The molecule has 2 aromatic rings. The van der Waals surface area contributed by atoms with Crippen LogP contribution < -0.4 is 10.6 Å². The number of hydrogen-bond acceptors (Lipinski definition) is 3. The molecule has 0 radical (unpaired) electrons. The van der Waals surface area contributed by atoms with Crippen LogP contribution in [0, 0.1) is 24.5 Å². The van der Waals surface area contributed by atoms with Crippen molar-refractivity contribution < 1.29 is 18.4 Å². The predicted octanol–water partition coefficient (Wildman–Crippen LogP) is 4.01. The van der Waals surface area contributed by atoms with Crippen molar-refractivity contribution in [2.75, 3.05) is 13.1 Å². The van der Waals surface area contributed by atoms with Gasteiger partial charge in [0.2, 0.25) is 5.91 Å². The van der Waals surface area contributed by atoms with Crippen molar-refractivity contribution in [1.82, 2.24) is 20.5 Å². The first-order chi connectivity index (χ1) is 15.8. The van der Waals surface area contributed by atoms with Crippen molar-refractivity contribution >= 4 is 23.5 Å². The number of hydrogen-bond donors (Lipinski definition) is 2. The Morgan fingerprint density at radius 3 is 2.55 bits per heavy atom. The summed E-state index contributed by atoms with van der Waals surface area (Å²) in [5.41, 5.74) is 0.795. The third-order valence-electron chi connectivity index (χ3n) is 6.76. The van der Waals surface area contributed by atoms with Crippen molar-refractivity contribution in [3.05, 3.63) is 63.9 Å². The molecule has 2 saturated carbocycles. The number of likely N-dealkylation sites (tertiary alicyclic amines) is 1. The Kier molecular flexibility index (Phi) is 5.51. The fourth-order valence-electron chi connectivity index (χ4n) is 4.68. The summed E-state index contributed by atoms with van der Waals surface area (Å²) in [5, 5.41) is 5.60. The average Bonchev–Trinajstić information content (AvgIpc) is 3.66. The molecule has 0 bridgehead atoms. The van der Waals surface area contributed by atoms with E-state index in [2.05, 4.69) is 15.6 Å². The van der Waals surface area contributed by atoms with E-state index in [0.29, 0.717) is 12.5 Å². The van der Waals surface area contributed by atoms with Crippen molar-refractivity contribution in [2.45, 2.75) is 50.1 Å². The number of pyridine rings is 1.